The standard InChI is InChI=1S/C24H24N6O3/c1-17-26-23(33-27-17)21-15-25-16-30(24(21)32)9-8-22(31)29-12-10-28(11-13-29)20-7-6-18-4-2-3-5-19(18)14-20/h2-7,14-16H,8-13H2,1H3. The average molecular weight is 444 g/mol. The molecule has 168 valence electrons. The third kappa shape index (κ3) is 4.34. The third-order valence-corrected chi connectivity index (χ3v) is 5.96. The first-order valence-electron chi connectivity index (χ1n) is 10.9. The van der Waals surface area contributed by atoms with Crippen molar-refractivity contribution in [3.8, 4) is 11.5 Å². The molecule has 0 aliphatic carbocycles. The Morgan fingerprint density at radius 3 is 2.61 bits per heavy atom. The van der Waals surface area contributed by atoms with Gasteiger partial charge in [-0.1, -0.05) is 35.5 Å². The number of nitrogens with zero attached hydrogens (tertiary/aromatic N) is 6. The van der Waals surface area contributed by atoms with Gasteiger partial charge in [0.2, 0.25) is 5.91 Å². The van der Waals surface area contributed by atoms with E-state index in [1.165, 1.54) is 33.6 Å². The fourth-order valence-corrected chi connectivity index (χ4v) is 4.12. The van der Waals surface area contributed by atoms with Crippen molar-refractivity contribution in [2.75, 3.05) is 31.1 Å². The lowest BCUT2D eigenvalue weighted by Gasteiger charge is -2.36. The molecule has 1 amide bonds. The Kier molecular flexibility index (Phi) is 5.60. The van der Waals surface area contributed by atoms with Gasteiger partial charge in [-0.2, -0.15) is 4.98 Å². The second-order valence-electron chi connectivity index (χ2n) is 8.10. The molecule has 9 heteroatoms. The molecule has 1 aliphatic heterocycles. The molecule has 0 bridgehead atoms. The summed E-state index contributed by atoms with van der Waals surface area (Å²) in [5.74, 6) is 0.604. The number of aromatic nitrogens is 4. The van der Waals surface area contributed by atoms with Crippen molar-refractivity contribution in [3.63, 3.8) is 0 Å². The Hall–Kier alpha value is -4.01. The van der Waals surface area contributed by atoms with Gasteiger partial charge in [-0.15, -0.1) is 0 Å². The van der Waals surface area contributed by atoms with Crippen LogP contribution < -0.4 is 10.5 Å². The first-order chi connectivity index (χ1) is 16.1. The summed E-state index contributed by atoms with van der Waals surface area (Å²) in [6, 6.07) is 14.8. The Morgan fingerprint density at radius 1 is 1.06 bits per heavy atom. The van der Waals surface area contributed by atoms with Gasteiger partial charge in [-0.05, 0) is 29.8 Å². The summed E-state index contributed by atoms with van der Waals surface area (Å²) < 4.78 is 6.50. The minimum atomic E-state index is -0.303. The number of anilines is 1. The summed E-state index contributed by atoms with van der Waals surface area (Å²) in [6.07, 6.45) is 3.06. The molecule has 0 spiro atoms. The van der Waals surface area contributed by atoms with Crippen LogP contribution in [0.4, 0.5) is 5.69 Å². The molecule has 1 saturated heterocycles. The van der Waals surface area contributed by atoms with E-state index in [2.05, 4.69) is 50.4 Å². The molecule has 0 atom stereocenters. The van der Waals surface area contributed by atoms with Crippen LogP contribution in [0.1, 0.15) is 12.2 Å². The molecule has 0 saturated carbocycles. The lowest BCUT2D eigenvalue weighted by atomic mass is 10.1. The van der Waals surface area contributed by atoms with Gasteiger partial charge in [-0.3, -0.25) is 14.2 Å². The molecular formula is C24H24N6O3. The molecule has 33 heavy (non-hydrogen) atoms. The van der Waals surface area contributed by atoms with E-state index >= 15 is 0 Å². The fourth-order valence-electron chi connectivity index (χ4n) is 4.12. The predicted molar refractivity (Wildman–Crippen MR) is 124 cm³/mol. The van der Waals surface area contributed by atoms with Gasteiger partial charge in [0.05, 0.1) is 6.33 Å². The molecule has 5 rings (SSSR count). The molecule has 3 heterocycles. The van der Waals surface area contributed by atoms with E-state index in [0.717, 1.165) is 13.1 Å². The van der Waals surface area contributed by atoms with Gasteiger partial charge < -0.3 is 14.3 Å². The van der Waals surface area contributed by atoms with Crippen molar-refractivity contribution in [1.82, 2.24) is 24.6 Å². The number of rotatable bonds is 5. The second kappa shape index (κ2) is 8.85. The van der Waals surface area contributed by atoms with Crippen LogP contribution in [0.2, 0.25) is 0 Å². The summed E-state index contributed by atoms with van der Waals surface area (Å²) >= 11 is 0. The maximum atomic E-state index is 12.8. The summed E-state index contributed by atoms with van der Waals surface area (Å²) in [5, 5.41) is 6.15. The van der Waals surface area contributed by atoms with E-state index in [9.17, 15) is 9.59 Å². The van der Waals surface area contributed by atoms with E-state index in [1.54, 1.807) is 6.92 Å². The van der Waals surface area contributed by atoms with Crippen molar-refractivity contribution in [2.45, 2.75) is 19.9 Å². The van der Waals surface area contributed by atoms with Crippen LogP contribution in [-0.4, -0.2) is 56.7 Å². The van der Waals surface area contributed by atoms with Crippen molar-refractivity contribution in [3.05, 3.63) is 71.2 Å². The first-order valence-corrected chi connectivity index (χ1v) is 10.9. The van der Waals surface area contributed by atoms with Crippen molar-refractivity contribution < 1.29 is 9.32 Å². The topological polar surface area (TPSA) is 97.4 Å². The molecule has 0 N–H and O–H groups in total. The van der Waals surface area contributed by atoms with Crippen LogP contribution in [0.15, 0.2) is 64.3 Å². The fraction of sp³-hybridized carbons (Fsp3) is 0.292. The van der Waals surface area contributed by atoms with Crippen molar-refractivity contribution >= 4 is 22.4 Å². The molecule has 2 aromatic carbocycles. The van der Waals surface area contributed by atoms with Crippen molar-refractivity contribution in [2.24, 2.45) is 0 Å². The van der Waals surface area contributed by atoms with E-state index in [1.807, 2.05) is 17.0 Å². The summed E-state index contributed by atoms with van der Waals surface area (Å²) in [7, 11) is 0. The van der Waals surface area contributed by atoms with Gasteiger partial charge in [0, 0.05) is 51.0 Å². The SMILES string of the molecule is Cc1noc(-c2cncn(CCC(=O)N3CCN(c4ccc5ccccc5c4)CC3)c2=O)n1. The van der Waals surface area contributed by atoms with Gasteiger partial charge in [0.15, 0.2) is 5.82 Å². The quantitative estimate of drug-likeness (QED) is 0.466. The van der Waals surface area contributed by atoms with E-state index < -0.39 is 0 Å². The maximum Gasteiger partial charge on any atom is 0.266 e. The smallest absolute Gasteiger partial charge is 0.266 e. The maximum absolute atomic E-state index is 12.8. The Bertz CT molecular complexity index is 1350. The van der Waals surface area contributed by atoms with E-state index in [4.69, 9.17) is 4.52 Å². The normalized spacial score (nSPS) is 14.1. The zero-order valence-corrected chi connectivity index (χ0v) is 18.3. The number of carbonyl (C=O) groups is 1. The summed E-state index contributed by atoms with van der Waals surface area (Å²) in [4.78, 5) is 37.9. The highest BCUT2D eigenvalue weighted by atomic mass is 16.5. The number of fused-ring (bicyclic) bond motifs is 1. The van der Waals surface area contributed by atoms with Crippen molar-refractivity contribution in [1.29, 1.82) is 0 Å². The van der Waals surface area contributed by atoms with Crippen LogP contribution in [0.3, 0.4) is 0 Å². The summed E-state index contributed by atoms with van der Waals surface area (Å²) in [5.41, 5.74) is 1.10. The highest BCUT2D eigenvalue weighted by Gasteiger charge is 2.22. The van der Waals surface area contributed by atoms with Gasteiger partial charge in [-0.25, -0.2) is 4.98 Å². The van der Waals surface area contributed by atoms with Crippen LogP contribution in [0.5, 0.6) is 0 Å². The Balaban J connectivity index is 1.19. The molecule has 0 unspecified atom stereocenters. The summed E-state index contributed by atoms with van der Waals surface area (Å²) in [6.45, 7) is 4.78. The van der Waals surface area contributed by atoms with Crippen LogP contribution in [0.25, 0.3) is 22.2 Å². The number of piperazine rings is 1. The van der Waals surface area contributed by atoms with Gasteiger partial charge in [0.25, 0.3) is 11.4 Å². The lowest BCUT2D eigenvalue weighted by molar-refractivity contribution is -0.131. The lowest BCUT2D eigenvalue weighted by Crippen LogP contribution is -2.49. The van der Waals surface area contributed by atoms with Crippen LogP contribution in [-0.2, 0) is 11.3 Å². The zero-order valence-electron chi connectivity index (χ0n) is 18.3. The number of hydrogen-bond donors (Lipinski definition) is 0. The number of aryl methyl sites for hydroxylation is 2. The van der Waals surface area contributed by atoms with Crippen LogP contribution in [0, 0.1) is 6.92 Å². The molecule has 1 fully saturated rings. The number of amides is 1. The molecular weight excluding hydrogens is 420 g/mol. The van der Waals surface area contributed by atoms with E-state index in [0.29, 0.717) is 18.9 Å². The third-order valence-electron chi connectivity index (χ3n) is 5.96. The monoisotopic (exact) mass is 444 g/mol. The minimum Gasteiger partial charge on any atom is -0.368 e. The first kappa shape index (κ1) is 20.9. The predicted octanol–water partition coefficient (Wildman–Crippen LogP) is 2.49. The Labute approximate surface area is 190 Å². The average Bonchev–Trinajstić information content (AvgIpc) is 3.29. The molecule has 4 aromatic rings. The largest absolute Gasteiger partial charge is 0.368 e. The second-order valence-corrected chi connectivity index (χ2v) is 8.10. The zero-order chi connectivity index (χ0) is 22.8. The molecule has 1 aliphatic rings. The van der Waals surface area contributed by atoms with E-state index in [-0.39, 0.29) is 35.9 Å². The van der Waals surface area contributed by atoms with Crippen LogP contribution >= 0.6 is 0 Å². The number of hydrogen-bond acceptors (Lipinski definition) is 7. The van der Waals surface area contributed by atoms with Gasteiger partial charge >= 0.3 is 0 Å². The number of benzene rings is 2. The molecule has 9 nitrogen and oxygen atoms in total. The Morgan fingerprint density at radius 2 is 1.85 bits per heavy atom. The molecule has 2 aromatic heterocycles. The highest BCUT2D eigenvalue weighted by molar-refractivity contribution is 5.86. The highest BCUT2D eigenvalue weighted by Crippen LogP contribution is 2.23. The number of carbonyl (C=O) groups excluding carboxylic acids is 1. The minimum absolute atomic E-state index is 0.0269. The molecule has 0 radical (unpaired) electrons. The van der Waals surface area contributed by atoms with Gasteiger partial charge in [0.1, 0.15) is 5.56 Å².